The van der Waals surface area contributed by atoms with Gasteiger partial charge in [0.25, 0.3) is 5.91 Å². The van der Waals surface area contributed by atoms with Gasteiger partial charge in [0, 0.05) is 25.0 Å². The van der Waals surface area contributed by atoms with E-state index in [1.807, 2.05) is 23.7 Å². The summed E-state index contributed by atoms with van der Waals surface area (Å²) >= 11 is 0. The van der Waals surface area contributed by atoms with E-state index in [1.165, 1.54) is 18.2 Å². The highest BCUT2D eigenvalue weighted by atomic mass is 19.4. The number of aromatic nitrogens is 2. The van der Waals surface area contributed by atoms with Gasteiger partial charge in [-0.3, -0.25) is 4.79 Å². The third-order valence-electron chi connectivity index (χ3n) is 5.33. The molecule has 9 heteroatoms. The SMILES string of the molecule is COc1ccc(C(NC(=O)c2cccc(Oc3cccc(C(F)(F)F)c3)c2)c2nccn2C)cc1. The van der Waals surface area contributed by atoms with Crippen molar-refractivity contribution in [3.05, 3.63) is 108 Å². The zero-order valence-electron chi connectivity index (χ0n) is 18.9. The maximum atomic E-state index is 13.2. The van der Waals surface area contributed by atoms with Gasteiger partial charge in [-0.15, -0.1) is 0 Å². The normalized spacial score (nSPS) is 12.1. The number of halogens is 3. The van der Waals surface area contributed by atoms with E-state index in [2.05, 4.69) is 10.3 Å². The zero-order chi connectivity index (χ0) is 25.0. The number of aryl methyl sites for hydroxylation is 1. The lowest BCUT2D eigenvalue weighted by Crippen LogP contribution is -2.31. The van der Waals surface area contributed by atoms with E-state index < -0.39 is 23.7 Å². The highest BCUT2D eigenvalue weighted by Gasteiger charge is 2.30. The molecule has 4 aromatic rings. The first-order valence-corrected chi connectivity index (χ1v) is 10.6. The molecule has 0 aliphatic carbocycles. The molecule has 3 aromatic carbocycles. The summed E-state index contributed by atoms with van der Waals surface area (Å²) in [7, 11) is 3.40. The summed E-state index contributed by atoms with van der Waals surface area (Å²) in [6.45, 7) is 0. The molecule has 0 bridgehead atoms. The van der Waals surface area contributed by atoms with Crippen molar-refractivity contribution in [3.8, 4) is 17.2 Å². The maximum absolute atomic E-state index is 13.2. The van der Waals surface area contributed by atoms with Gasteiger partial charge in [0.05, 0.1) is 12.7 Å². The van der Waals surface area contributed by atoms with Gasteiger partial charge in [0.2, 0.25) is 0 Å². The summed E-state index contributed by atoms with van der Waals surface area (Å²) in [4.78, 5) is 17.6. The predicted octanol–water partition coefficient (Wildman–Crippen LogP) is 5.76. The lowest BCUT2D eigenvalue weighted by molar-refractivity contribution is -0.137. The van der Waals surface area contributed by atoms with Crippen molar-refractivity contribution in [3.63, 3.8) is 0 Å². The summed E-state index contributed by atoms with van der Waals surface area (Å²) in [5.41, 5.74) is 0.258. The minimum absolute atomic E-state index is 0.0153. The number of carbonyl (C=O) groups is 1. The Morgan fingerprint density at radius 1 is 0.971 bits per heavy atom. The third kappa shape index (κ3) is 5.63. The fraction of sp³-hybridized carbons (Fsp3) is 0.154. The number of alkyl halides is 3. The molecular weight excluding hydrogens is 459 g/mol. The Morgan fingerprint density at radius 2 is 1.66 bits per heavy atom. The molecule has 0 radical (unpaired) electrons. The van der Waals surface area contributed by atoms with E-state index >= 15 is 0 Å². The van der Waals surface area contributed by atoms with Crippen molar-refractivity contribution in [1.29, 1.82) is 0 Å². The minimum Gasteiger partial charge on any atom is -0.497 e. The fourth-order valence-electron chi connectivity index (χ4n) is 3.54. The first-order valence-electron chi connectivity index (χ1n) is 10.6. The molecule has 0 saturated heterocycles. The number of methoxy groups -OCH3 is 1. The van der Waals surface area contributed by atoms with Crippen molar-refractivity contribution in [2.75, 3.05) is 7.11 Å². The molecule has 6 nitrogen and oxygen atoms in total. The second kappa shape index (κ2) is 9.92. The van der Waals surface area contributed by atoms with E-state index in [4.69, 9.17) is 9.47 Å². The Kier molecular flexibility index (Phi) is 6.77. The van der Waals surface area contributed by atoms with Crippen LogP contribution in [0.25, 0.3) is 0 Å². The number of hydrogen-bond donors (Lipinski definition) is 1. The lowest BCUT2D eigenvalue weighted by Gasteiger charge is -2.20. The average Bonchev–Trinajstić information content (AvgIpc) is 3.28. The van der Waals surface area contributed by atoms with Gasteiger partial charge < -0.3 is 19.4 Å². The van der Waals surface area contributed by atoms with Crippen LogP contribution in [0.5, 0.6) is 17.2 Å². The number of nitrogens with zero attached hydrogens (tertiary/aromatic N) is 2. The second-order valence-corrected chi connectivity index (χ2v) is 7.73. The van der Waals surface area contributed by atoms with E-state index in [9.17, 15) is 18.0 Å². The van der Waals surface area contributed by atoms with Crippen molar-refractivity contribution < 1.29 is 27.4 Å². The first kappa shape index (κ1) is 23.9. The van der Waals surface area contributed by atoms with Gasteiger partial charge in [0.1, 0.15) is 29.1 Å². The number of imidazole rings is 1. The van der Waals surface area contributed by atoms with Crippen molar-refractivity contribution >= 4 is 5.91 Å². The highest BCUT2D eigenvalue weighted by Crippen LogP contribution is 2.33. The molecule has 1 unspecified atom stereocenters. The van der Waals surface area contributed by atoms with Crippen LogP contribution < -0.4 is 14.8 Å². The summed E-state index contributed by atoms with van der Waals surface area (Å²) < 4.78 is 51.6. The summed E-state index contributed by atoms with van der Waals surface area (Å²) in [6.07, 6.45) is -1.06. The molecule has 1 atom stereocenters. The number of hydrogen-bond acceptors (Lipinski definition) is 4. The largest absolute Gasteiger partial charge is 0.497 e. The Bertz CT molecular complexity index is 1320. The van der Waals surface area contributed by atoms with Gasteiger partial charge in [-0.05, 0) is 54.1 Å². The molecule has 0 spiro atoms. The highest BCUT2D eigenvalue weighted by molar-refractivity contribution is 5.95. The first-order chi connectivity index (χ1) is 16.7. The van der Waals surface area contributed by atoms with Crippen LogP contribution in [0.3, 0.4) is 0 Å². The van der Waals surface area contributed by atoms with Gasteiger partial charge in [-0.1, -0.05) is 24.3 Å². The van der Waals surface area contributed by atoms with E-state index in [0.29, 0.717) is 11.6 Å². The Hall–Kier alpha value is -4.27. The minimum atomic E-state index is -4.48. The molecule has 0 fully saturated rings. The quantitative estimate of drug-likeness (QED) is 0.365. The number of amides is 1. The smallest absolute Gasteiger partial charge is 0.416 e. The van der Waals surface area contributed by atoms with Gasteiger partial charge in [-0.25, -0.2) is 4.98 Å². The molecule has 1 heterocycles. The fourth-order valence-corrected chi connectivity index (χ4v) is 3.54. The molecule has 35 heavy (non-hydrogen) atoms. The maximum Gasteiger partial charge on any atom is 0.416 e. The molecule has 4 rings (SSSR count). The van der Waals surface area contributed by atoms with Gasteiger partial charge in [0.15, 0.2) is 0 Å². The summed E-state index contributed by atoms with van der Waals surface area (Å²) in [5, 5.41) is 2.98. The number of ether oxygens (including phenoxy) is 2. The topological polar surface area (TPSA) is 65.4 Å². The Morgan fingerprint density at radius 3 is 2.29 bits per heavy atom. The monoisotopic (exact) mass is 481 g/mol. The average molecular weight is 481 g/mol. The van der Waals surface area contributed by atoms with Gasteiger partial charge >= 0.3 is 6.18 Å². The summed E-state index contributed by atoms with van der Waals surface area (Å²) in [5.74, 6) is 1.15. The lowest BCUT2D eigenvalue weighted by atomic mass is 10.0. The van der Waals surface area contributed by atoms with Crippen molar-refractivity contribution in [2.45, 2.75) is 12.2 Å². The van der Waals surface area contributed by atoms with E-state index in [0.717, 1.165) is 17.7 Å². The Balaban J connectivity index is 1.57. The van der Waals surface area contributed by atoms with Crippen molar-refractivity contribution in [1.82, 2.24) is 14.9 Å². The summed E-state index contributed by atoms with van der Waals surface area (Å²) in [6, 6.07) is 17.5. The van der Waals surface area contributed by atoms with Gasteiger partial charge in [-0.2, -0.15) is 13.2 Å². The predicted molar refractivity (Wildman–Crippen MR) is 123 cm³/mol. The van der Waals surface area contributed by atoms with Crippen LogP contribution in [0.15, 0.2) is 85.2 Å². The standard InChI is InChI=1S/C26H22F3N3O3/c1-32-14-13-30-24(32)23(17-9-11-20(34-2)12-10-17)31-25(33)18-5-3-7-21(15-18)35-22-8-4-6-19(16-22)26(27,28)29/h3-16,23H,1-2H3,(H,31,33). The molecule has 180 valence electrons. The molecule has 1 N–H and O–H groups in total. The third-order valence-corrected chi connectivity index (χ3v) is 5.33. The van der Waals surface area contributed by atoms with Crippen molar-refractivity contribution in [2.24, 2.45) is 7.05 Å². The van der Waals surface area contributed by atoms with E-state index in [-0.39, 0.29) is 17.1 Å². The van der Waals surface area contributed by atoms with E-state index in [1.54, 1.807) is 49.8 Å². The second-order valence-electron chi connectivity index (χ2n) is 7.73. The zero-order valence-corrected chi connectivity index (χ0v) is 18.9. The van der Waals surface area contributed by atoms with Crippen LogP contribution in [0.1, 0.15) is 33.4 Å². The number of carbonyl (C=O) groups excluding carboxylic acids is 1. The van der Waals surface area contributed by atoms with Crippen LogP contribution in [0.2, 0.25) is 0 Å². The Labute approximate surface area is 200 Å². The molecule has 0 aliphatic heterocycles. The molecule has 0 saturated carbocycles. The number of nitrogens with one attached hydrogen (secondary N) is 1. The van der Waals surface area contributed by atoms with Crippen LogP contribution in [0, 0.1) is 0 Å². The number of benzene rings is 3. The van der Waals surface area contributed by atoms with Crippen LogP contribution in [0.4, 0.5) is 13.2 Å². The molecule has 1 amide bonds. The van der Waals surface area contributed by atoms with Crippen LogP contribution in [-0.2, 0) is 13.2 Å². The molecule has 1 aromatic heterocycles. The number of rotatable bonds is 7. The molecule has 0 aliphatic rings. The van der Waals surface area contributed by atoms with Crippen LogP contribution in [-0.4, -0.2) is 22.6 Å². The van der Waals surface area contributed by atoms with Crippen LogP contribution >= 0.6 is 0 Å². The molecular formula is C26H22F3N3O3.